The zero-order valence-electron chi connectivity index (χ0n) is 41.0. The molecular formula is C43H72N10O19. The highest BCUT2D eigenvalue weighted by Crippen LogP contribution is 2.25. The number of aliphatic hydroxyl groups is 7. The van der Waals surface area contributed by atoms with E-state index in [4.69, 9.17) is 15.2 Å². The summed E-state index contributed by atoms with van der Waals surface area (Å²) in [4.78, 5) is 134. The number of nitrogens with two attached hydrogens (primary N) is 1. The molecule has 3 saturated heterocycles. The molecule has 0 radical (unpaired) electrons. The minimum atomic E-state index is -1.95. The summed E-state index contributed by atoms with van der Waals surface area (Å²) in [5.41, 5.74) is 5.24. The number of likely N-dealkylation sites (tertiary alicyclic amines) is 2. The molecule has 0 unspecified atom stereocenters. The van der Waals surface area contributed by atoms with Crippen molar-refractivity contribution in [1.82, 2.24) is 47.0 Å². The number of amides is 10. The number of hydrogen-bond donors (Lipinski definition) is 15. The van der Waals surface area contributed by atoms with E-state index < -0.39 is 183 Å². The second kappa shape index (κ2) is 28.0. The summed E-state index contributed by atoms with van der Waals surface area (Å²) < 4.78 is 11.6. The minimum absolute atomic E-state index is 0.0309. The Morgan fingerprint density at radius 3 is 1.67 bits per heavy atom. The van der Waals surface area contributed by atoms with Gasteiger partial charge >= 0.3 is 0 Å². The molecule has 72 heavy (non-hydrogen) atoms. The fraction of sp³-hybridized carbons (Fsp3) is 0.767. The molecule has 0 aliphatic carbocycles. The van der Waals surface area contributed by atoms with E-state index in [1.807, 2.05) is 0 Å². The third-order valence-electron chi connectivity index (χ3n) is 12.8. The lowest BCUT2D eigenvalue weighted by atomic mass is 9.96. The normalized spacial score (nSPS) is 25.7. The molecule has 0 saturated carbocycles. The first-order valence-electron chi connectivity index (χ1n) is 23.6. The van der Waals surface area contributed by atoms with Gasteiger partial charge in [0.1, 0.15) is 72.7 Å². The molecule has 16 atom stereocenters. The molecule has 3 rings (SSSR count). The number of hydrogen-bond acceptors (Lipinski definition) is 19. The highest BCUT2D eigenvalue weighted by atomic mass is 16.7. The molecule has 0 aromatic heterocycles. The zero-order chi connectivity index (χ0) is 54.3. The number of carbonyl (C=O) groups is 10. The maximum atomic E-state index is 14.3. The van der Waals surface area contributed by atoms with Gasteiger partial charge in [-0.3, -0.25) is 47.9 Å². The van der Waals surface area contributed by atoms with Crippen molar-refractivity contribution >= 4 is 59.1 Å². The average molecular weight is 1030 g/mol. The summed E-state index contributed by atoms with van der Waals surface area (Å²) in [5, 5.41) is 88.2. The van der Waals surface area contributed by atoms with E-state index >= 15 is 0 Å². The molecular weight excluding hydrogens is 961 g/mol. The molecule has 0 aromatic rings. The number of rotatable bonds is 25. The molecule has 0 spiro atoms. The molecule has 29 nitrogen and oxygen atoms in total. The number of primary amides is 1. The van der Waals surface area contributed by atoms with Gasteiger partial charge in [0.2, 0.25) is 59.1 Å². The van der Waals surface area contributed by atoms with Crippen LogP contribution in [0.3, 0.4) is 0 Å². The quantitative estimate of drug-likeness (QED) is 0.0404. The molecule has 3 heterocycles. The highest BCUT2D eigenvalue weighted by Gasteiger charge is 2.48. The summed E-state index contributed by atoms with van der Waals surface area (Å²) in [6.45, 7) is 4.21. The summed E-state index contributed by atoms with van der Waals surface area (Å²) in [5.74, 6) is -9.99. The van der Waals surface area contributed by atoms with Crippen molar-refractivity contribution in [3.8, 4) is 0 Å². The van der Waals surface area contributed by atoms with Gasteiger partial charge in [0, 0.05) is 26.9 Å². The first-order valence-corrected chi connectivity index (χ1v) is 23.6. The van der Waals surface area contributed by atoms with Crippen molar-refractivity contribution in [2.75, 3.05) is 39.5 Å². The topological polar surface area (TPSA) is 447 Å². The van der Waals surface area contributed by atoms with Crippen LogP contribution in [0.1, 0.15) is 73.6 Å². The van der Waals surface area contributed by atoms with Crippen LogP contribution in [0.25, 0.3) is 0 Å². The lowest BCUT2D eigenvalue weighted by Gasteiger charge is -2.43. The summed E-state index contributed by atoms with van der Waals surface area (Å²) in [6, 6.07) is -14.0. The molecule has 3 fully saturated rings. The van der Waals surface area contributed by atoms with E-state index in [9.17, 15) is 83.7 Å². The Labute approximate surface area is 414 Å². The zero-order valence-corrected chi connectivity index (χ0v) is 41.0. The van der Waals surface area contributed by atoms with E-state index in [0.717, 1.165) is 11.8 Å². The van der Waals surface area contributed by atoms with Crippen molar-refractivity contribution in [1.29, 1.82) is 0 Å². The molecule has 408 valence electrons. The molecule has 0 aromatic carbocycles. The standard InChI is InChI=1S/C43H72N10O19/c1-7-18(2)29(40(68)47-24(15-55)36(64)50-30(19(3)58)35(44)63)49-39(67)27-11-9-13-53(27)42(70)25(16-56)48-41(69)31(20(4)71-43-32(45-21(5)59)34(62)33(61)28(17-57)72-43)51-37(65)23(14-54)46-38(66)26-10-8-12-52(26)22(6)60/h18-20,23-34,43,54-58,61-62H,7-17H2,1-6H3,(H2,44,63)(H,45,59)(H,46,66)(H,47,68)(H,48,69)(H,49,67)(H,50,64)(H,51,65)/t18-,19+,20+,23-,24-,25-,26-,27-,28+,29-,30-,31-,32+,33-,34+,43-/m0/s1. The van der Waals surface area contributed by atoms with Crippen molar-refractivity contribution in [3.05, 3.63) is 0 Å². The number of nitrogens with zero attached hydrogens (tertiary/aromatic N) is 2. The van der Waals surface area contributed by atoms with Crippen LogP contribution in [0.5, 0.6) is 0 Å². The van der Waals surface area contributed by atoms with Crippen molar-refractivity contribution in [2.45, 2.75) is 165 Å². The van der Waals surface area contributed by atoms with Gasteiger partial charge in [-0.25, -0.2) is 0 Å². The second-order valence-electron chi connectivity index (χ2n) is 18.1. The van der Waals surface area contributed by atoms with E-state index in [1.165, 1.54) is 25.7 Å². The first-order chi connectivity index (χ1) is 33.9. The van der Waals surface area contributed by atoms with Gasteiger partial charge in [0.15, 0.2) is 6.29 Å². The van der Waals surface area contributed by atoms with Crippen molar-refractivity contribution in [3.63, 3.8) is 0 Å². The largest absolute Gasteiger partial charge is 0.394 e. The van der Waals surface area contributed by atoms with Gasteiger partial charge in [-0.05, 0) is 45.4 Å². The lowest BCUT2D eigenvalue weighted by Crippen LogP contribution is -2.66. The summed E-state index contributed by atoms with van der Waals surface area (Å²) >= 11 is 0. The number of aliphatic hydroxyl groups excluding tert-OH is 7. The van der Waals surface area contributed by atoms with Gasteiger partial charge in [-0.15, -0.1) is 0 Å². The van der Waals surface area contributed by atoms with E-state index in [2.05, 4.69) is 37.2 Å². The van der Waals surface area contributed by atoms with Crippen LogP contribution in [0.2, 0.25) is 0 Å². The maximum Gasteiger partial charge on any atom is 0.248 e. The molecule has 3 aliphatic heterocycles. The molecule has 29 heteroatoms. The van der Waals surface area contributed by atoms with Gasteiger partial charge in [0.05, 0.1) is 38.6 Å². The third-order valence-corrected chi connectivity index (χ3v) is 12.8. The van der Waals surface area contributed by atoms with Gasteiger partial charge in [-0.1, -0.05) is 20.3 Å². The molecule has 0 bridgehead atoms. The monoisotopic (exact) mass is 1030 g/mol. The molecule has 3 aliphatic rings. The Morgan fingerprint density at radius 1 is 0.667 bits per heavy atom. The van der Waals surface area contributed by atoms with Crippen molar-refractivity contribution in [2.24, 2.45) is 11.7 Å². The van der Waals surface area contributed by atoms with Crippen LogP contribution in [-0.4, -0.2) is 235 Å². The maximum absolute atomic E-state index is 14.3. The number of nitrogens with one attached hydrogen (secondary N) is 7. The average Bonchev–Trinajstić information content (AvgIpc) is 4.04. The van der Waals surface area contributed by atoms with Crippen LogP contribution < -0.4 is 43.0 Å². The van der Waals surface area contributed by atoms with Crippen LogP contribution in [0.4, 0.5) is 0 Å². The van der Waals surface area contributed by atoms with Gasteiger partial charge < -0.3 is 98.0 Å². The molecule has 10 amide bonds. The highest BCUT2D eigenvalue weighted by molar-refractivity contribution is 5.98. The van der Waals surface area contributed by atoms with E-state index in [1.54, 1.807) is 13.8 Å². The van der Waals surface area contributed by atoms with E-state index in [0.29, 0.717) is 12.8 Å². The lowest BCUT2D eigenvalue weighted by molar-refractivity contribution is -0.281. The van der Waals surface area contributed by atoms with Gasteiger partial charge in [-0.2, -0.15) is 0 Å². The Hall–Kier alpha value is -5.66. The van der Waals surface area contributed by atoms with Crippen LogP contribution in [0.15, 0.2) is 0 Å². The Kier molecular flexibility index (Phi) is 23.6. The Balaban J connectivity index is 1.90. The predicted molar refractivity (Wildman–Crippen MR) is 244 cm³/mol. The predicted octanol–water partition coefficient (Wildman–Crippen LogP) is -8.87. The number of ether oxygens (including phenoxy) is 2. The SMILES string of the molecule is CC[C@H](C)[C@H](NC(=O)[C@@H]1CCCN1C(=O)[C@H](CO)NC(=O)[C@@H](NC(=O)[C@H](CO)NC(=O)[C@@H]1CCCN1C(C)=O)[C@@H](C)O[C@H]1O[C@H](CO)[C@H](O)[C@H](O)[C@H]1NC(C)=O)C(=O)N[C@@H](CO)C(=O)N[C@H](C(N)=O)[C@@H](C)O. The smallest absolute Gasteiger partial charge is 0.248 e. The van der Waals surface area contributed by atoms with Crippen molar-refractivity contribution < 1.29 is 93.2 Å². The number of carbonyl (C=O) groups excluding carboxylic acids is 10. The van der Waals surface area contributed by atoms with Crippen LogP contribution in [0, 0.1) is 5.92 Å². The molecule has 16 N–H and O–H groups in total. The Bertz CT molecular complexity index is 1950. The summed E-state index contributed by atoms with van der Waals surface area (Å²) in [6.07, 6.45) is -8.55. The van der Waals surface area contributed by atoms with Crippen LogP contribution >= 0.6 is 0 Å². The summed E-state index contributed by atoms with van der Waals surface area (Å²) in [7, 11) is 0. The fourth-order valence-corrected chi connectivity index (χ4v) is 8.45. The van der Waals surface area contributed by atoms with Gasteiger partial charge in [0.25, 0.3) is 0 Å². The second-order valence-corrected chi connectivity index (χ2v) is 18.1. The Morgan fingerprint density at radius 2 is 1.17 bits per heavy atom. The third kappa shape index (κ3) is 15.7. The fourth-order valence-electron chi connectivity index (χ4n) is 8.45. The minimum Gasteiger partial charge on any atom is -0.394 e. The first kappa shape index (κ1) is 60.6. The van der Waals surface area contributed by atoms with E-state index in [-0.39, 0.29) is 32.4 Å². The van der Waals surface area contributed by atoms with Crippen LogP contribution in [-0.2, 0) is 57.4 Å².